The van der Waals surface area contributed by atoms with E-state index in [1.54, 1.807) is 0 Å². The van der Waals surface area contributed by atoms with Crippen molar-refractivity contribution in [1.29, 1.82) is 0 Å². The molecule has 0 bridgehead atoms. The third kappa shape index (κ3) is 2.13. The van der Waals surface area contributed by atoms with Crippen molar-refractivity contribution in [3.63, 3.8) is 0 Å². The second kappa shape index (κ2) is 4.26. The van der Waals surface area contributed by atoms with Gasteiger partial charge in [-0.15, -0.1) is 0 Å². The molecule has 0 aliphatic carbocycles. The minimum Gasteiger partial charge on any atom is -0.325 e. The van der Waals surface area contributed by atoms with Crippen LogP contribution in [0.2, 0.25) is 10.0 Å². The van der Waals surface area contributed by atoms with Gasteiger partial charge in [0.2, 0.25) is 6.41 Å². The van der Waals surface area contributed by atoms with Crippen molar-refractivity contribution in [2.45, 2.75) is 0 Å². The molecule has 0 aliphatic heterocycles. The maximum Gasteiger partial charge on any atom is 0.211 e. The molecule has 0 radical (unpaired) electrons. The first-order chi connectivity index (χ1) is 6.07. The zero-order valence-corrected chi connectivity index (χ0v) is 9.17. The molecule has 0 unspecified atom stereocenters. The molecular weight excluding hydrogens is 284 g/mol. The topological polar surface area (TPSA) is 29.1 Å². The Kier molecular flexibility index (Phi) is 3.53. The van der Waals surface area contributed by atoms with Gasteiger partial charge in [0, 0.05) is 4.47 Å². The van der Waals surface area contributed by atoms with Gasteiger partial charge in [0.1, 0.15) is 0 Å². The monoisotopic (exact) mass is 285 g/mol. The molecule has 0 spiro atoms. The highest BCUT2D eigenvalue weighted by atomic mass is 79.9. The van der Waals surface area contributed by atoms with Crippen LogP contribution >= 0.6 is 39.1 Å². The van der Waals surface area contributed by atoms with E-state index < -0.39 is 5.82 Å². The van der Waals surface area contributed by atoms with Crippen molar-refractivity contribution < 1.29 is 9.18 Å². The average molecular weight is 287 g/mol. The molecule has 2 nitrogen and oxygen atoms in total. The highest BCUT2D eigenvalue weighted by molar-refractivity contribution is 9.10. The second-order valence-corrected chi connectivity index (χ2v) is 3.74. The van der Waals surface area contributed by atoms with Crippen LogP contribution in [0.3, 0.4) is 0 Å². The van der Waals surface area contributed by atoms with E-state index in [-0.39, 0.29) is 15.7 Å². The molecule has 1 aromatic rings. The van der Waals surface area contributed by atoms with Crippen LogP contribution in [0.15, 0.2) is 10.5 Å². The molecule has 0 saturated carbocycles. The Morgan fingerprint density at radius 1 is 1.54 bits per heavy atom. The lowest BCUT2D eigenvalue weighted by Gasteiger charge is -2.06. The molecule has 1 rings (SSSR count). The van der Waals surface area contributed by atoms with Crippen molar-refractivity contribution in [1.82, 2.24) is 0 Å². The molecule has 0 aromatic heterocycles. The minimum absolute atomic E-state index is 0.0237. The van der Waals surface area contributed by atoms with Crippen LogP contribution in [0.25, 0.3) is 0 Å². The largest absolute Gasteiger partial charge is 0.325 e. The van der Waals surface area contributed by atoms with Gasteiger partial charge in [-0.2, -0.15) is 0 Å². The van der Waals surface area contributed by atoms with E-state index >= 15 is 0 Å². The molecule has 0 aliphatic rings. The maximum absolute atomic E-state index is 13.2. The van der Waals surface area contributed by atoms with Crippen molar-refractivity contribution in [3.05, 3.63) is 26.4 Å². The van der Waals surface area contributed by atoms with Crippen LogP contribution in [0, 0.1) is 5.82 Å². The van der Waals surface area contributed by atoms with Gasteiger partial charge in [-0.3, -0.25) is 4.79 Å². The SMILES string of the molecule is O=CNc1c(Br)cc(Cl)c(Cl)c1F. The number of carbonyl (C=O) groups is 1. The van der Waals surface area contributed by atoms with Crippen LogP contribution in [0.5, 0.6) is 0 Å². The van der Waals surface area contributed by atoms with Crippen LogP contribution in [0.1, 0.15) is 0 Å². The maximum atomic E-state index is 13.2. The number of carbonyl (C=O) groups excluding carboxylic acids is 1. The number of nitrogens with one attached hydrogen (secondary N) is 1. The first-order valence-corrected chi connectivity index (χ1v) is 4.66. The molecule has 0 heterocycles. The van der Waals surface area contributed by atoms with E-state index in [1.165, 1.54) is 6.07 Å². The fourth-order valence-electron chi connectivity index (χ4n) is 0.757. The summed E-state index contributed by atoms with van der Waals surface area (Å²) in [5.74, 6) is -0.756. The van der Waals surface area contributed by atoms with Crippen molar-refractivity contribution >= 4 is 51.2 Å². The average Bonchev–Trinajstić information content (AvgIpc) is 2.09. The lowest BCUT2D eigenvalue weighted by molar-refractivity contribution is -0.105. The Hall–Kier alpha value is -0.320. The summed E-state index contributed by atoms with van der Waals surface area (Å²) in [7, 11) is 0. The molecule has 1 aromatic carbocycles. The van der Waals surface area contributed by atoms with Gasteiger partial charge in [0.05, 0.1) is 15.7 Å². The Labute approximate surface area is 92.1 Å². The van der Waals surface area contributed by atoms with Gasteiger partial charge in [0.15, 0.2) is 5.82 Å². The Balaban J connectivity index is 3.34. The van der Waals surface area contributed by atoms with E-state index in [4.69, 9.17) is 23.2 Å². The molecule has 1 amide bonds. The number of amides is 1. The molecule has 1 N–H and O–H groups in total. The zero-order chi connectivity index (χ0) is 10.0. The first-order valence-electron chi connectivity index (χ1n) is 3.11. The van der Waals surface area contributed by atoms with Gasteiger partial charge < -0.3 is 5.32 Å². The number of anilines is 1. The zero-order valence-electron chi connectivity index (χ0n) is 6.07. The predicted molar refractivity (Wildman–Crippen MR) is 53.8 cm³/mol. The van der Waals surface area contributed by atoms with E-state index in [9.17, 15) is 9.18 Å². The van der Waals surface area contributed by atoms with Crippen molar-refractivity contribution in [2.24, 2.45) is 0 Å². The van der Waals surface area contributed by atoms with E-state index in [0.717, 1.165) is 0 Å². The number of hydrogen-bond donors (Lipinski definition) is 1. The summed E-state index contributed by atoms with van der Waals surface area (Å²) in [5.41, 5.74) is -0.0237. The fraction of sp³-hybridized carbons (Fsp3) is 0. The standard InChI is InChI=1S/C7H3BrCl2FNO/c8-3-1-4(9)5(10)6(11)7(3)12-2-13/h1-2H,(H,12,13). The van der Waals surface area contributed by atoms with Crippen LogP contribution in [0.4, 0.5) is 10.1 Å². The van der Waals surface area contributed by atoms with Crippen molar-refractivity contribution in [2.75, 3.05) is 5.32 Å². The summed E-state index contributed by atoms with van der Waals surface area (Å²) >= 11 is 14.1. The summed E-state index contributed by atoms with van der Waals surface area (Å²) in [6.07, 6.45) is 0.355. The molecule has 0 saturated heterocycles. The number of halogens is 4. The Morgan fingerprint density at radius 3 is 2.69 bits per heavy atom. The van der Waals surface area contributed by atoms with Crippen LogP contribution in [-0.4, -0.2) is 6.41 Å². The smallest absolute Gasteiger partial charge is 0.211 e. The quantitative estimate of drug-likeness (QED) is 0.503. The van der Waals surface area contributed by atoms with Gasteiger partial charge >= 0.3 is 0 Å². The first kappa shape index (κ1) is 10.8. The number of hydrogen-bond acceptors (Lipinski definition) is 1. The summed E-state index contributed by atoms with van der Waals surface area (Å²) in [4.78, 5) is 10.1. The lowest BCUT2D eigenvalue weighted by atomic mass is 10.3. The minimum atomic E-state index is -0.756. The van der Waals surface area contributed by atoms with E-state index in [1.807, 2.05) is 0 Å². The molecule has 70 valence electrons. The molecular formula is C7H3BrCl2FNO. The normalized spacial score (nSPS) is 9.85. The Bertz CT molecular complexity index is 359. The van der Waals surface area contributed by atoms with Gasteiger partial charge in [-0.25, -0.2) is 4.39 Å². The summed E-state index contributed by atoms with van der Waals surface area (Å²) in [6, 6.07) is 1.40. The second-order valence-electron chi connectivity index (χ2n) is 2.11. The summed E-state index contributed by atoms with van der Waals surface area (Å²) in [6.45, 7) is 0. The van der Waals surface area contributed by atoms with E-state index in [2.05, 4.69) is 21.2 Å². The van der Waals surface area contributed by atoms with Crippen molar-refractivity contribution in [3.8, 4) is 0 Å². The summed E-state index contributed by atoms with van der Waals surface area (Å²) < 4.78 is 13.6. The number of rotatable bonds is 2. The highest BCUT2D eigenvalue weighted by Crippen LogP contribution is 2.35. The number of benzene rings is 1. The van der Waals surface area contributed by atoms with Gasteiger partial charge in [-0.05, 0) is 22.0 Å². The van der Waals surface area contributed by atoms with Crippen LogP contribution < -0.4 is 5.32 Å². The van der Waals surface area contributed by atoms with E-state index in [0.29, 0.717) is 10.9 Å². The third-order valence-electron chi connectivity index (χ3n) is 1.32. The van der Waals surface area contributed by atoms with Gasteiger partial charge in [0.25, 0.3) is 0 Å². The third-order valence-corrected chi connectivity index (χ3v) is 2.71. The fourth-order valence-corrected chi connectivity index (χ4v) is 1.75. The Morgan fingerprint density at radius 2 is 2.15 bits per heavy atom. The highest BCUT2D eigenvalue weighted by Gasteiger charge is 2.14. The molecule has 6 heteroatoms. The predicted octanol–water partition coefficient (Wildman–Crippen LogP) is 3.46. The van der Waals surface area contributed by atoms with Crippen LogP contribution in [-0.2, 0) is 4.79 Å². The molecule has 13 heavy (non-hydrogen) atoms. The molecule has 0 fully saturated rings. The summed E-state index contributed by atoms with van der Waals surface area (Å²) in [5, 5.41) is 2.04. The molecule has 0 atom stereocenters. The lowest BCUT2D eigenvalue weighted by Crippen LogP contribution is -1.99. The van der Waals surface area contributed by atoms with Gasteiger partial charge in [-0.1, -0.05) is 23.2 Å².